The van der Waals surface area contributed by atoms with Crippen LogP contribution in [0.4, 0.5) is 5.69 Å². The summed E-state index contributed by atoms with van der Waals surface area (Å²) in [6.07, 6.45) is 1.69. The summed E-state index contributed by atoms with van der Waals surface area (Å²) < 4.78 is 5.20. The lowest BCUT2D eigenvalue weighted by atomic mass is 10.2. The first-order valence-electron chi connectivity index (χ1n) is 8.60. The Hall–Kier alpha value is -2.67. The number of nitrogens with zero attached hydrogens (tertiary/aromatic N) is 3. The molecule has 26 heavy (non-hydrogen) atoms. The predicted molar refractivity (Wildman–Crippen MR) is 103 cm³/mol. The Balaban J connectivity index is 1.33. The monoisotopic (exact) mass is 370 g/mol. The third-order valence-electron chi connectivity index (χ3n) is 4.00. The molecule has 1 N–H and O–H groups in total. The zero-order valence-corrected chi connectivity index (χ0v) is 15.5. The van der Waals surface area contributed by atoms with Gasteiger partial charge in [-0.25, -0.2) is 0 Å². The highest BCUT2D eigenvalue weighted by molar-refractivity contribution is 7.08. The first kappa shape index (κ1) is 18.1. The predicted octanol–water partition coefficient (Wildman–Crippen LogP) is 3.37. The standard InChI is InChI=1S/C19H22N4O2S/c1-23(16-6-3-2-4-7-16)12-5-11-20-17(24)8-9-18-21-19(22-25-18)15-10-13-26-14-15/h2-4,6-7,10,13-14H,5,8-9,11-12H2,1H3,(H,20,24). The summed E-state index contributed by atoms with van der Waals surface area (Å²) in [6, 6.07) is 12.1. The molecule has 0 unspecified atom stereocenters. The Morgan fingerprint density at radius 2 is 2.12 bits per heavy atom. The van der Waals surface area contributed by atoms with Gasteiger partial charge in [0.2, 0.25) is 17.6 Å². The Labute approximate surface area is 156 Å². The summed E-state index contributed by atoms with van der Waals surface area (Å²) in [6.45, 7) is 1.54. The fourth-order valence-corrected chi connectivity index (χ4v) is 3.16. The van der Waals surface area contributed by atoms with E-state index in [4.69, 9.17) is 4.52 Å². The van der Waals surface area contributed by atoms with Crippen molar-refractivity contribution >= 4 is 22.9 Å². The number of para-hydroxylation sites is 1. The maximum Gasteiger partial charge on any atom is 0.227 e. The van der Waals surface area contributed by atoms with Crippen LogP contribution in [0, 0.1) is 0 Å². The van der Waals surface area contributed by atoms with E-state index in [1.54, 1.807) is 11.3 Å². The third kappa shape index (κ3) is 5.16. The van der Waals surface area contributed by atoms with Crippen molar-refractivity contribution < 1.29 is 9.32 Å². The van der Waals surface area contributed by atoms with Crippen LogP contribution in [0.2, 0.25) is 0 Å². The minimum atomic E-state index is 0.00245. The van der Waals surface area contributed by atoms with E-state index in [1.807, 2.05) is 35.0 Å². The van der Waals surface area contributed by atoms with E-state index in [2.05, 4.69) is 39.5 Å². The number of nitrogens with one attached hydrogen (secondary N) is 1. The van der Waals surface area contributed by atoms with E-state index in [-0.39, 0.29) is 5.91 Å². The highest BCUT2D eigenvalue weighted by atomic mass is 32.1. The van der Waals surface area contributed by atoms with E-state index in [0.29, 0.717) is 31.1 Å². The van der Waals surface area contributed by atoms with Gasteiger partial charge in [-0.3, -0.25) is 4.79 Å². The van der Waals surface area contributed by atoms with E-state index in [9.17, 15) is 4.79 Å². The number of benzene rings is 1. The van der Waals surface area contributed by atoms with E-state index >= 15 is 0 Å². The van der Waals surface area contributed by atoms with Crippen LogP contribution in [0.3, 0.4) is 0 Å². The number of aryl methyl sites for hydroxylation is 1. The second kappa shape index (κ2) is 9.15. The van der Waals surface area contributed by atoms with Gasteiger partial charge in [-0.15, -0.1) is 0 Å². The lowest BCUT2D eigenvalue weighted by Gasteiger charge is -2.19. The van der Waals surface area contributed by atoms with Crippen molar-refractivity contribution in [1.82, 2.24) is 15.5 Å². The lowest BCUT2D eigenvalue weighted by Crippen LogP contribution is -2.28. The quantitative estimate of drug-likeness (QED) is 0.585. The molecule has 3 rings (SSSR count). The molecule has 3 aromatic rings. The summed E-state index contributed by atoms with van der Waals surface area (Å²) in [5.74, 6) is 1.07. The molecule has 1 amide bonds. The topological polar surface area (TPSA) is 71.3 Å². The molecule has 2 aromatic heterocycles. The summed E-state index contributed by atoms with van der Waals surface area (Å²) in [5, 5.41) is 10.8. The van der Waals surface area contributed by atoms with Crippen molar-refractivity contribution in [2.24, 2.45) is 0 Å². The molecule has 6 nitrogen and oxygen atoms in total. The number of hydrogen-bond acceptors (Lipinski definition) is 6. The zero-order chi connectivity index (χ0) is 18.2. The number of thiophene rings is 1. The number of anilines is 1. The average molecular weight is 370 g/mol. The molecular formula is C19H22N4O2S. The summed E-state index contributed by atoms with van der Waals surface area (Å²) >= 11 is 1.58. The van der Waals surface area contributed by atoms with Gasteiger partial charge < -0.3 is 14.7 Å². The number of rotatable bonds is 9. The van der Waals surface area contributed by atoms with Gasteiger partial charge in [-0.05, 0) is 30.0 Å². The molecule has 136 valence electrons. The average Bonchev–Trinajstić information content (AvgIpc) is 3.35. The Morgan fingerprint density at radius 1 is 1.27 bits per heavy atom. The highest BCUT2D eigenvalue weighted by Crippen LogP contribution is 2.19. The largest absolute Gasteiger partial charge is 0.375 e. The summed E-state index contributed by atoms with van der Waals surface area (Å²) in [5.41, 5.74) is 2.12. The molecule has 0 saturated heterocycles. The van der Waals surface area contributed by atoms with E-state index in [1.165, 1.54) is 5.69 Å². The second-order valence-corrected chi connectivity index (χ2v) is 6.76. The van der Waals surface area contributed by atoms with Crippen molar-refractivity contribution in [3.05, 3.63) is 53.0 Å². The SMILES string of the molecule is CN(CCCNC(=O)CCc1nc(-c2ccsc2)no1)c1ccccc1. The molecule has 0 aliphatic heterocycles. The van der Waals surface area contributed by atoms with Gasteiger partial charge in [0, 0.05) is 49.6 Å². The zero-order valence-electron chi connectivity index (χ0n) is 14.7. The van der Waals surface area contributed by atoms with Crippen LogP contribution < -0.4 is 10.2 Å². The molecule has 0 aliphatic rings. The molecule has 1 aromatic carbocycles. The smallest absolute Gasteiger partial charge is 0.227 e. The highest BCUT2D eigenvalue weighted by Gasteiger charge is 2.10. The molecule has 0 fully saturated rings. The minimum Gasteiger partial charge on any atom is -0.375 e. The van der Waals surface area contributed by atoms with Gasteiger partial charge in [-0.2, -0.15) is 16.3 Å². The van der Waals surface area contributed by atoms with E-state index in [0.717, 1.165) is 18.5 Å². The van der Waals surface area contributed by atoms with Crippen molar-refractivity contribution in [3.8, 4) is 11.4 Å². The first-order chi connectivity index (χ1) is 12.7. The van der Waals surface area contributed by atoms with Crippen LogP contribution in [-0.2, 0) is 11.2 Å². The van der Waals surface area contributed by atoms with Gasteiger partial charge in [0.15, 0.2) is 0 Å². The van der Waals surface area contributed by atoms with Crippen LogP contribution in [0.5, 0.6) is 0 Å². The first-order valence-corrected chi connectivity index (χ1v) is 9.54. The second-order valence-electron chi connectivity index (χ2n) is 5.98. The summed E-state index contributed by atoms with van der Waals surface area (Å²) in [4.78, 5) is 18.5. The normalized spacial score (nSPS) is 10.7. The van der Waals surface area contributed by atoms with Crippen LogP contribution in [0.15, 0.2) is 51.7 Å². The maximum absolute atomic E-state index is 12.0. The number of amides is 1. The fraction of sp³-hybridized carbons (Fsp3) is 0.316. The van der Waals surface area contributed by atoms with Crippen LogP contribution in [0.25, 0.3) is 11.4 Å². The lowest BCUT2D eigenvalue weighted by molar-refractivity contribution is -0.121. The number of carbonyl (C=O) groups is 1. The maximum atomic E-state index is 12.0. The number of carbonyl (C=O) groups excluding carboxylic acids is 1. The molecule has 0 radical (unpaired) electrons. The number of hydrogen-bond donors (Lipinski definition) is 1. The van der Waals surface area contributed by atoms with Crippen LogP contribution >= 0.6 is 11.3 Å². The Kier molecular flexibility index (Phi) is 6.38. The Morgan fingerprint density at radius 3 is 2.88 bits per heavy atom. The molecule has 0 spiro atoms. The van der Waals surface area contributed by atoms with Crippen LogP contribution in [-0.4, -0.2) is 36.2 Å². The molecule has 0 aliphatic carbocycles. The van der Waals surface area contributed by atoms with Gasteiger partial charge in [0.05, 0.1) is 0 Å². The van der Waals surface area contributed by atoms with Gasteiger partial charge in [0.1, 0.15) is 0 Å². The number of aromatic nitrogens is 2. The molecule has 2 heterocycles. The molecule has 0 bridgehead atoms. The third-order valence-corrected chi connectivity index (χ3v) is 4.69. The minimum absolute atomic E-state index is 0.00245. The molecule has 7 heteroatoms. The van der Waals surface area contributed by atoms with Crippen molar-refractivity contribution in [2.75, 3.05) is 25.0 Å². The molecular weight excluding hydrogens is 348 g/mol. The fourth-order valence-electron chi connectivity index (χ4n) is 2.53. The Bertz CT molecular complexity index is 802. The van der Waals surface area contributed by atoms with E-state index < -0.39 is 0 Å². The van der Waals surface area contributed by atoms with Gasteiger partial charge in [0.25, 0.3) is 0 Å². The van der Waals surface area contributed by atoms with Crippen molar-refractivity contribution in [1.29, 1.82) is 0 Å². The van der Waals surface area contributed by atoms with Gasteiger partial charge in [-0.1, -0.05) is 23.4 Å². The van der Waals surface area contributed by atoms with Crippen molar-refractivity contribution in [2.45, 2.75) is 19.3 Å². The summed E-state index contributed by atoms with van der Waals surface area (Å²) in [7, 11) is 2.05. The van der Waals surface area contributed by atoms with Gasteiger partial charge >= 0.3 is 0 Å². The van der Waals surface area contributed by atoms with Crippen LogP contribution in [0.1, 0.15) is 18.7 Å². The molecule has 0 saturated carbocycles. The molecule has 0 atom stereocenters. The van der Waals surface area contributed by atoms with Crippen molar-refractivity contribution in [3.63, 3.8) is 0 Å².